The molecule has 7 nitrogen and oxygen atoms in total. The Morgan fingerprint density at radius 3 is 2.28 bits per heavy atom. The molecule has 0 aliphatic rings. The second-order valence-electron chi connectivity index (χ2n) is 11.4. The van der Waals surface area contributed by atoms with Crippen molar-refractivity contribution < 1.29 is 19.8 Å². The van der Waals surface area contributed by atoms with Gasteiger partial charge in [0.1, 0.15) is 11.5 Å². The molecule has 0 unspecified atom stereocenters. The van der Waals surface area contributed by atoms with Gasteiger partial charge in [-0.15, -0.1) is 0 Å². The Hall–Kier alpha value is -4.26. The second kappa shape index (κ2) is 15.8. The van der Waals surface area contributed by atoms with Crippen LogP contribution in [0.5, 0.6) is 11.5 Å². The van der Waals surface area contributed by atoms with E-state index in [1.807, 2.05) is 48.3 Å². The molecule has 4 aromatic rings. The van der Waals surface area contributed by atoms with E-state index < -0.39 is 0 Å². The predicted molar refractivity (Wildman–Crippen MR) is 173 cm³/mol. The van der Waals surface area contributed by atoms with Crippen LogP contribution in [0.2, 0.25) is 0 Å². The predicted octanol–water partition coefficient (Wildman–Crippen LogP) is 7.03. The SMILES string of the molecule is CCCCN(C)C(=O)CCCCCCCNC(=O)Cc1c(-c2ccc(O)cc2)n(Cc2ccccc2)c2ccc(O)cc12. The van der Waals surface area contributed by atoms with Gasteiger partial charge in [-0.1, -0.05) is 62.9 Å². The van der Waals surface area contributed by atoms with Crippen LogP contribution in [0.1, 0.15) is 69.4 Å². The number of aromatic hydroxyl groups is 2. The molecule has 0 atom stereocenters. The number of hydrogen-bond donors (Lipinski definition) is 3. The van der Waals surface area contributed by atoms with Gasteiger partial charge in [-0.25, -0.2) is 0 Å². The van der Waals surface area contributed by atoms with Gasteiger partial charge in [0, 0.05) is 44.0 Å². The summed E-state index contributed by atoms with van der Waals surface area (Å²) in [5.41, 5.74) is 4.69. The lowest BCUT2D eigenvalue weighted by molar-refractivity contribution is -0.130. The highest BCUT2D eigenvalue weighted by molar-refractivity contribution is 5.96. The molecule has 43 heavy (non-hydrogen) atoms. The van der Waals surface area contributed by atoms with Crippen molar-refractivity contribution in [2.24, 2.45) is 0 Å². The zero-order valence-corrected chi connectivity index (χ0v) is 25.5. The first-order valence-corrected chi connectivity index (χ1v) is 15.6. The van der Waals surface area contributed by atoms with Crippen LogP contribution in [0, 0.1) is 0 Å². The lowest BCUT2D eigenvalue weighted by Gasteiger charge is -2.16. The fourth-order valence-corrected chi connectivity index (χ4v) is 5.56. The van der Waals surface area contributed by atoms with E-state index in [4.69, 9.17) is 0 Å². The van der Waals surface area contributed by atoms with E-state index in [2.05, 4.69) is 28.9 Å². The average Bonchev–Trinajstić information content (AvgIpc) is 3.29. The summed E-state index contributed by atoms with van der Waals surface area (Å²) in [4.78, 5) is 27.3. The highest BCUT2D eigenvalue weighted by Crippen LogP contribution is 2.37. The van der Waals surface area contributed by atoms with E-state index in [0.717, 1.165) is 84.8 Å². The van der Waals surface area contributed by atoms with Crippen LogP contribution >= 0.6 is 0 Å². The van der Waals surface area contributed by atoms with Crippen LogP contribution in [0.25, 0.3) is 22.2 Å². The molecule has 0 aliphatic carbocycles. The van der Waals surface area contributed by atoms with Crippen molar-refractivity contribution in [1.29, 1.82) is 0 Å². The highest BCUT2D eigenvalue weighted by Gasteiger charge is 2.21. The summed E-state index contributed by atoms with van der Waals surface area (Å²) in [6, 6.07) is 22.5. The fourth-order valence-electron chi connectivity index (χ4n) is 5.56. The van der Waals surface area contributed by atoms with E-state index in [9.17, 15) is 19.8 Å². The van der Waals surface area contributed by atoms with Crippen LogP contribution in [-0.4, -0.2) is 51.6 Å². The summed E-state index contributed by atoms with van der Waals surface area (Å²) < 4.78 is 2.19. The molecule has 0 saturated carbocycles. The number of nitrogens with one attached hydrogen (secondary N) is 1. The standard InChI is InChI=1S/C36H45N3O4/c1-3-4-23-38(2)35(43)15-11-6-5-7-12-22-37-34(42)25-32-31-24-30(41)20-21-33(31)39(26-27-13-9-8-10-14-27)36(32)28-16-18-29(40)19-17-28/h8-10,13-14,16-21,24,40-41H,3-7,11-12,15,22-23,25-26H2,1-2H3,(H,37,42). The number of nitrogens with zero attached hydrogens (tertiary/aromatic N) is 2. The largest absolute Gasteiger partial charge is 0.508 e. The third-order valence-electron chi connectivity index (χ3n) is 7.98. The van der Waals surface area contributed by atoms with Crippen molar-refractivity contribution in [3.05, 3.63) is 83.9 Å². The Labute approximate surface area is 255 Å². The molecule has 228 valence electrons. The molecule has 0 radical (unpaired) electrons. The van der Waals surface area contributed by atoms with Crippen molar-refractivity contribution in [1.82, 2.24) is 14.8 Å². The number of benzene rings is 3. The number of fused-ring (bicyclic) bond motifs is 1. The van der Waals surface area contributed by atoms with Gasteiger partial charge < -0.3 is 25.0 Å². The molecule has 0 saturated heterocycles. The van der Waals surface area contributed by atoms with Crippen molar-refractivity contribution in [3.8, 4) is 22.8 Å². The normalized spacial score (nSPS) is 11.1. The van der Waals surface area contributed by atoms with Crippen LogP contribution < -0.4 is 5.32 Å². The Balaban J connectivity index is 1.40. The molecule has 3 N–H and O–H groups in total. The number of aromatic nitrogens is 1. The molecule has 2 amide bonds. The Morgan fingerprint density at radius 2 is 1.53 bits per heavy atom. The van der Waals surface area contributed by atoms with Crippen molar-refractivity contribution in [3.63, 3.8) is 0 Å². The maximum Gasteiger partial charge on any atom is 0.224 e. The molecule has 1 heterocycles. The Morgan fingerprint density at radius 1 is 0.837 bits per heavy atom. The minimum Gasteiger partial charge on any atom is -0.508 e. The lowest BCUT2D eigenvalue weighted by atomic mass is 10.0. The lowest BCUT2D eigenvalue weighted by Crippen LogP contribution is -2.27. The zero-order chi connectivity index (χ0) is 30.6. The van der Waals surface area contributed by atoms with Crippen LogP contribution in [-0.2, 0) is 22.6 Å². The summed E-state index contributed by atoms with van der Waals surface area (Å²) >= 11 is 0. The summed E-state index contributed by atoms with van der Waals surface area (Å²) in [5.74, 6) is 0.489. The molecule has 0 bridgehead atoms. The first-order valence-electron chi connectivity index (χ1n) is 15.6. The first kappa shape index (κ1) is 31.7. The molecule has 4 rings (SSSR count). The average molecular weight is 584 g/mol. The number of phenols is 2. The van der Waals surface area contributed by atoms with Crippen LogP contribution in [0.4, 0.5) is 0 Å². The third-order valence-corrected chi connectivity index (χ3v) is 7.98. The van der Waals surface area contributed by atoms with Crippen LogP contribution in [0.15, 0.2) is 72.8 Å². The fraction of sp³-hybridized carbons (Fsp3) is 0.389. The van der Waals surface area contributed by atoms with E-state index in [-0.39, 0.29) is 29.7 Å². The summed E-state index contributed by atoms with van der Waals surface area (Å²) in [5, 5.41) is 24.2. The van der Waals surface area contributed by atoms with Crippen LogP contribution in [0.3, 0.4) is 0 Å². The number of carbonyl (C=O) groups excluding carboxylic acids is 2. The maximum absolute atomic E-state index is 13.2. The Bertz CT molecular complexity index is 1480. The smallest absolute Gasteiger partial charge is 0.224 e. The van der Waals surface area contributed by atoms with Gasteiger partial charge in [0.2, 0.25) is 11.8 Å². The van der Waals surface area contributed by atoms with Crippen molar-refractivity contribution in [2.75, 3.05) is 20.1 Å². The molecule has 3 aromatic carbocycles. The van der Waals surface area contributed by atoms with E-state index in [1.54, 1.807) is 24.3 Å². The van der Waals surface area contributed by atoms with Gasteiger partial charge in [0.15, 0.2) is 0 Å². The van der Waals surface area contributed by atoms with Gasteiger partial charge in [-0.05, 0) is 78.4 Å². The van der Waals surface area contributed by atoms with Gasteiger partial charge >= 0.3 is 0 Å². The third kappa shape index (κ3) is 8.87. The number of unbranched alkanes of at least 4 members (excludes halogenated alkanes) is 5. The minimum absolute atomic E-state index is 0.0668. The van der Waals surface area contributed by atoms with E-state index in [1.165, 1.54) is 0 Å². The molecule has 1 aromatic heterocycles. The summed E-state index contributed by atoms with van der Waals surface area (Å²) in [6.45, 7) is 4.16. The van der Waals surface area contributed by atoms with Gasteiger partial charge in [0.25, 0.3) is 0 Å². The second-order valence-corrected chi connectivity index (χ2v) is 11.4. The summed E-state index contributed by atoms with van der Waals surface area (Å²) in [6.07, 6.45) is 7.77. The molecule has 0 aliphatic heterocycles. The van der Waals surface area contributed by atoms with Crippen molar-refractivity contribution in [2.45, 2.75) is 71.3 Å². The summed E-state index contributed by atoms with van der Waals surface area (Å²) in [7, 11) is 1.89. The highest BCUT2D eigenvalue weighted by atomic mass is 16.3. The molecular weight excluding hydrogens is 538 g/mol. The van der Waals surface area contributed by atoms with Gasteiger partial charge in [-0.2, -0.15) is 0 Å². The number of carbonyl (C=O) groups is 2. The van der Waals surface area contributed by atoms with Crippen molar-refractivity contribution >= 4 is 22.7 Å². The molecule has 0 fully saturated rings. The molecule has 0 spiro atoms. The zero-order valence-electron chi connectivity index (χ0n) is 25.5. The Kier molecular flexibility index (Phi) is 11.7. The van der Waals surface area contributed by atoms with E-state index >= 15 is 0 Å². The number of rotatable bonds is 16. The number of phenolic OH excluding ortho intramolecular Hbond substituents is 2. The molecule has 7 heteroatoms. The number of amides is 2. The van der Waals surface area contributed by atoms with E-state index in [0.29, 0.717) is 19.5 Å². The molecular formula is C36H45N3O4. The first-order chi connectivity index (χ1) is 20.9. The maximum atomic E-state index is 13.2. The topological polar surface area (TPSA) is 94.8 Å². The number of hydrogen-bond acceptors (Lipinski definition) is 4. The quantitative estimate of drug-likeness (QED) is 0.124. The minimum atomic E-state index is -0.0668. The monoisotopic (exact) mass is 583 g/mol. The van der Waals surface area contributed by atoms with Gasteiger partial charge in [0.05, 0.1) is 12.1 Å². The van der Waals surface area contributed by atoms with Gasteiger partial charge in [-0.3, -0.25) is 9.59 Å².